The molecular formula is C33H34N6O12. The van der Waals surface area contributed by atoms with Gasteiger partial charge in [-0.3, -0.25) is 28.7 Å². The normalized spacial score (nSPS) is 27.9. The summed E-state index contributed by atoms with van der Waals surface area (Å²) < 4.78 is 23.6. The van der Waals surface area contributed by atoms with Crippen LogP contribution in [0.5, 0.6) is 0 Å². The maximum atomic E-state index is 13.5. The van der Waals surface area contributed by atoms with E-state index < -0.39 is 90.0 Å². The molecule has 268 valence electrons. The molecular weight excluding hydrogens is 672 g/mol. The van der Waals surface area contributed by atoms with Crippen LogP contribution < -0.4 is 27.6 Å². The molecule has 18 nitrogen and oxygen atoms in total. The quantitative estimate of drug-likeness (QED) is 0.120. The second kappa shape index (κ2) is 14.8. The zero-order valence-electron chi connectivity index (χ0n) is 26.8. The van der Waals surface area contributed by atoms with Crippen molar-refractivity contribution in [2.24, 2.45) is 10.7 Å². The van der Waals surface area contributed by atoms with E-state index in [9.17, 15) is 39.3 Å². The van der Waals surface area contributed by atoms with Crippen LogP contribution in [0.3, 0.4) is 0 Å². The predicted molar refractivity (Wildman–Crippen MR) is 175 cm³/mol. The number of aromatic amines is 1. The van der Waals surface area contributed by atoms with Gasteiger partial charge in [0.1, 0.15) is 30.5 Å². The summed E-state index contributed by atoms with van der Waals surface area (Å²) in [7, 11) is 0. The number of nitrogens with zero attached hydrogens (tertiary/aromatic N) is 2. The van der Waals surface area contributed by atoms with Gasteiger partial charge in [-0.25, -0.2) is 9.79 Å². The number of primary amides is 1. The van der Waals surface area contributed by atoms with Crippen LogP contribution in [0.2, 0.25) is 0 Å². The maximum Gasteiger partial charge on any atom is 0.330 e. The highest BCUT2D eigenvalue weighted by Crippen LogP contribution is 2.35. The molecule has 8 N–H and O–H groups in total. The number of para-hydroxylation sites is 1. The van der Waals surface area contributed by atoms with Crippen molar-refractivity contribution >= 4 is 29.1 Å². The molecule has 0 saturated carbocycles. The van der Waals surface area contributed by atoms with Crippen molar-refractivity contribution < 1.29 is 48.7 Å². The monoisotopic (exact) mass is 706 g/mol. The van der Waals surface area contributed by atoms with Gasteiger partial charge in [-0.15, -0.1) is 0 Å². The van der Waals surface area contributed by atoms with Gasteiger partial charge in [-0.1, -0.05) is 48.5 Å². The van der Waals surface area contributed by atoms with Gasteiger partial charge in [0.05, 0.1) is 11.4 Å². The van der Waals surface area contributed by atoms with E-state index in [0.717, 1.165) is 22.9 Å². The Bertz CT molecular complexity index is 1980. The minimum Gasteiger partial charge on any atom is -0.456 e. The van der Waals surface area contributed by atoms with Gasteiger partial charge < -0.3 is 50.6 Å². The molecule has 4 heterocycles. The van der Waals surface area contributed by atoms with E-state index in [0.29, 0.717) is 22.5 Å². The minimum absolute atomic E-state index is 0.0381. The topological polar surface area (TPSA) is 266 Å². The number of carbonyl (C=O) groups excluding carboxylic acids is 3. The molecule has 18 heteroatoms. The van der Waals surface area contributed by atoms with Crippen molar-refractivity contribution in [1.29, 1.82) is 0 Å². The highest BCUT2D eigenvalue weighted by molar-refractivity contribution is 6.20. The van der Waals surface area contributed by atoms with Crippen LogP contribution >= 0.6 is 0 Å². The molecule has 3 aromatic rings. The summed E-state index contributed by atoms with van der Waals surface area (Å²) in [5, 5.41) is 37.7. The number of H-pyrrole nitrogens is 1. The van der Waals surface area contributed by atoms with Gasteiger partial charge in [0.2, 0.25) is 18.4 Å². The van der Waals surface area contributed by atoms with Crippen LogP contribution in [0.15, 0.2) is 93.3 Å². The number of rotatable bonds is 10. The molecule has 1 fully saturated rings. The van der Waals surface area contributed by atoms with E-state index in [4.69, 9.17) is 24.7 Å². The molecule has 3 aliphatic heterocycles. The molecule has 0 radical (unpaired) electrons. The largest absolute Gasteiger partial charge is 0.456 e. The van der Waals surface area contributed by atoms with Crippen molar-refractivity contribution in [2.75, 3.05) is 11.9 Å². The second-order valence-corrected chi connectivity index (χ2v) is 11.6. The number of carbonyl (C=O) groups is 3. The highest BCUT2D eigenvalue weighted by atomic mass is 16.7. The van der Waals surface area contributed by atoms with Gasteiger partial charge in [-0.05, 0) is 19.1 Å². The predicted octanol–water partition coefficient (Wildman–Crippen LogP) is -2.04. The van der Waals surface area contributed by atoms with E-state index in [2.05, 4.69) is 20.6 Å². The van der Waals surface area contributed by atoms with E-state index in [1.54, 1.807) is 55.5 Å². The molecule has 51 heavy (non-hydrogen) atoms. The first-order chi connectivity index (χ1) is 24.5. The van der Waals surface area contributed by atoms with Crippen molar-refractivity contribution in [3.63, 3.8) is 0 Å². The third-order valence-corrected chi connectivity index (χ3v) is 8.27. The summed E-state index contributed by atoms with van der Waals surface area (Å²) in [4.78, 5) is 70.2. The summed E-state index contributed by atoms with van der Waals surface area (Å²) in [6.45, 7) is 1.64. The fraction of sp³-hybridized carbons (Fsp3) is 0.333. The van der Waals surface area contributed by atoms with Gasteiger partial charge in [0, 0.05) is 30.0 Å². The Morgan fingerprint density at radius 1 is 1.04 bits per heavy atom. The summed E-state index contributed by atoms with van der Waals surface area (Å²) in [6.07, 6.45) is -13.0. The zero-order valence-corrected chi connectivity index (χ0v) is 26.8. The van der Waals surface area contributed by atoms with Crippen LogP contribution in [0.25, 0.3) is 0 Å². The number of nitrogens with one attached hydrogen (secondary N) is 3. The van der Waals surface area contributed by atoms with Gasteiger partial charge in [0.15, 0.2) is 18.1 Å². The van der Waals surface area contributed by atoms with E-state index in [-0.39, 0.29) is 6.61 Å². The van der Waals surface area contributed by atoms with E-state index >= 15 is 0 Å². The van der Waals surface area contributed by atoms with Gasteiger partial charge in [-0.2, -0.15) is 0 Å². The Labute approximate surface area is 288 Å². The number of aliphatic imine (C=N–C) groups is 1. The minimum atomic E-state index is -1.95. The lowest BCUT2D eigenvalue weighted by Crippen LogP contribution is -2.54. The fourth-order valence-corrected chi connectivity index (χ4v) is 5.86. The number of aliphatic hydroxyl groups excluding tert-OH is 3. The Morgan fingerprint density at radius 3 is 2.47 bits per heavy atom. The standard InChI is InChI=1S/C33H34N6O12/c1-2-48-25-23(43)24(50-31(25)39-13-12-20(41)36-33(39)47)26(27(34)44)51-32-22(42)18(40)14-19(49-32)29(45)38-28-30(46)35-17-11-7-6-10-16(17)21(37-28)15-8-4-3-5-9-15/h3-14,18,22-26,28,31-32,40,42-43H,2H2,1H3,(H2,34,44)(H,35,46)(H,38,45)(H,36,41,47)/t18?,22?,23?,24-,25?,26?,28?,31+,32+/m0/s1. The second-order valence-electron chi connectivity index (χ2n) is 11.6. The number of ether oxygens (including phenoxy) is 4. The lowest BCUT2D eigenvalue weighted by atomic mass is 10.0. The van der Waals surface area contributed by atoms with Crippen molar-refractivity contribution in [1.82, 2.24) is 14.9 Å². The first-order valence-electron chi connectivity index (χ1n) is 15.8. The van der Waals surface area contributed by atoms with Crippen LogP contribution in [0.1, 0.15) is 24.3 Å². The summed E-state index contributed by atoms with van der Waals surface area (Å²) in [5.74, 6) is -3.55. The Hall–Kier alpha value is -5.50. The number of aromatic nitrogens is 2. The maximum absolute atomic E-state index is 13.5. The van der Waals surface area contributed by atoms with Crippen molar-refractivity contribution in [2.45, 2.75) is 62.2 Å². The third-order valence-electron chi connectivity index (χ3n) is 8.27. The highest BCUT2D eigenvalue weighted by Gasteiger charge is 2.52. The Morgan fingerprint density at radius 2 is 1.76 bits per heavy atom. The summed E-state index contributed by atoms with van der Waals surface area (Å²) >= 11 is 0. The van der Waals surface area contributed by atoms with Crippen molar-refractivity contribution in [3.05, 3.63) is 111 Å². The number of aliphatic hydroxyl groups is 3. The molecule has 0 spiro atoms. The number of anilines is 1. The fourth-order valence-electron chi connectivity index (χ4n) is 5.86. The first-order valence-corrected chi connectivity index (χ1v) is 15.8. The number of nitrogens with two attached hydrogens (primary N) is 1. The van der Waals surface area contributed by atoms with Crippen LogP contribution in [0, 0.1) is 0 Å². The third kappa shape index (κ3) is 7.22. The van der Waals surface area contributed by atoms with Crippen molar-refractivity contribution in [3.8, 4) is 0 Å². The lowest BCUT2D eigenvalue weighted by molar-refractivity contribution is -0.240. The Kier molecular flexibility index (Phi) is 10.2. The van der Waals surface area contributed by atoms with E-state index in [1.807, 2.05) is 6.07 Å². The molecule has 6 rings (SSSR count). The zero-order chi connectivity index (χ0) is 36.4. The number of hydrogen-bond acceptors (Lipinski definition) is 13. The molecule has 1 aromatic heterocycles. The molecule has 1 saturated heterocycles. The SMILES string of the molecule is CCOC1C(O)[C@@H](C(O[C@H]2OC(C(=O)NC3N=C(c4ccccc4)c4ccccc4NC3=O)=CC(O)C2O)C(N)=O)O[C@H]1n1ccc(=O)[nH]c1=O. The average molecular weight is 707 g/mol. The van der Waals surface area contributed by atoms with Crippen LogP contribution in [-0.4, -0.2) is 104 Å². The molecule has 2 aromatic carbocycles. The Balaban J connectivity index is 1.23. The number of fused-ring (bicyclic) bond motifs is 1. The number of hydrogen-bond donors (Lipinski definition) is 7. The average Bonchev–Trinajstić information content (AvgIpc) is 3.34. The number of amides is 3. The molecule has 9 atom stereocenters. The van der Waals surface area contributed by atoms with Gasteiger partial charge >= 0.3 is 5.69 Å². The molecule has 3 aliphatic rings. The van der Waals surface area contributed by atoms with Crippen LogP contribution in [0.4, 0.5) is 5.69 Å². The summed E-state index contributed by atoms with van der Waals surface area (Å²) in [6, 6.07) is 16.9. The smallest absolute Gasteiger partial charge is 0.330 e. The number of benzene rings is 2. The molecule has 6 unspecified atom stereocenters. The van der Waals surface area contributed by atoms with E-state index in [1.165, 1.54) is 0 Å². The lowest BCUT2D eigenvalue weighted by Gasteiger charge is -2.34. The first kappa shape index (κ1) is 35.3. The van der Waals surface area contributed by atoms with Gasteiger partial charge in [0.25, 0.3) is 17.4 Å². The number of benzodiazepines with no additional fused rings is 1. The molecule has 0 bridgehead atoms. The molecule has 3 amide bonds. The summed E-state index contributed by atoms with van der Waals surface area (Å²) in [5.41, 5.74) is 6.13. The molecule has 0 aliphatic carbocycles. The van der Waals surface area contributed by atoms with Crippen LogP contribution in [-0.2, 0) is 33.3 Å².